The van der Waals surface area contributed by atoms with E-state index in [1.807, 2.05) is 12.1 Å². The van der Waals surface area contributed by atoms with Crippen molar-refractivity contribution in [2.24, 2.45) is 0 Å². The van der Waals surface area contributed by atoms with Gasteiger partial charge in [0.05, 0.1) is 0 Å². The molecule has 2 aromatic carbocycles. The molecule has 0 fully saturated rings. The summed E-state index contributed by atoms with van der Waals surface area (Å²) in [5.41, 5.74) is 0. The predicted molar refractivity (Wildman–Crippen MR) is 226 cm³/mol. The third-order valence-electron chi connectivity index (χ3n) is 8.10. The summed E-state index contributed by atoms with van der Waals surface area (Å²) in [6, 6.07) is 25.1. The molecule has 0 aromatic heterocycles. The monoisotopic (exact) mass is 766 g/mol. The summed E-state index contributed by atoms with van der Waals surface area (Å²) in [5.74, 6) is 0. The molecule has 0 amide bonds. The van der Waals surface area contributed by atoms with Gasteiger partial charge in [-0.25, -0.2) is 0 Å². The molecule has 0 spiro atoms. The van der Waals surface area contributed by atoms with Crippen LogP contribution >= 0.6 is 44.3 Å². The van der Waals surface area contributed by atoms with Gasteiger partial charge in [-0.3, -0.25) is 0 Å². The summed E-state index contributed by atoms with van der Waals surface area (Å²) in [4.78, 5) is 0. The van der Waals surface area contributed by atoms with Crippen molar-refractivity contribution in [3.05, 3.63) is 60.7 Å². The minimum Gasteiger partial charge on any atom is -0.168 e. The van der Waals surface area contributed by atoms with Crippen LogP contribution in [0.25, 0.3) is 0 Å². The van der Waals surface area contributed by atoms with Crippen molar-refractivity contribution >= 4 is 84.2 Å². The molecule has 45 heavy (non-hydrogen) atoms. The normalized spacial score (nSPS) is 12.6. The van der Waals surface area contributed by atoms with E-state index in [4.69, 9.17) is 44.3 Å². The molecule has 0 saturated heterocycles. The van der Waals surface area contributed by atoms with Crippen molar-refractivity contribution in [2.45, 2.75) is 162 Å². The number of halogens is 4. The Morgan fingerprint density at radius 1 is 0.489 bits per heavy atom. The number of unbranched alkanes of at least 4 members (excludes halogenated alkanes) is 3. The van der Waals surface area contributed by atoms with Crippen molar-refractivity contribution in [3.8, 4) is 0 Å². The summed E-state index contributed by atoms with van der Waals surface area (Å²) < 4.78 is 0. The average Bonchev–Trinajstić information content (AvgIpc) is 2.93. The largest absolute Gasteiger partial charge is 0.222 e. The second-order valence-corrected chi connectivity index (χ2v) is 42.6. The highest BCUT2D eigenvalue weighted by Gasteiger charge is 2.46. The zero-order valence-electron chi connectivity index (χ0n) is 31.6. The molecular weight excluding hydrogens is 699 g/mol. The molecule has 0 atom stereocenters. The number of hydrogen-bond donors (Lipinski definition) is 0. The van der Waals surface area contributed by atoms with E-state index < -0.39 is 29.5 Å². The summed E-state index contributed by atoms with van der Waals surface area (Å²) in [6.45, 7) is 30.8. The minimum absolute atomic E-state index is 0.0667. The van der Waals surface area contributed by atoms with E-state index in [9.17, 15) is 0 Å². The summed E-state index contributed by atoms with van der Waals surface area (Å²) in [5, 5.41) is 2.97. The van der Waals surface area contributed by atoms with E-state index in [2.05, 4.69) is 144 Å². The summed E-state index contributed by atoms with van der Waals surface area (Å²) in [6.07, 6.45) is 7.97. The first-order valence-corrected chi connectivity index (χ1v) is 32.4. The standard InChI is InChI=1S/C16H19ClSi.C12H27ClSi.C6H15ClSi.C3H9ClSi/c1-16(2,3)18(17,14-10-6-4-7-11-14)15-12-8-5-9-13-15;1-4-7-10-14(13,11-8-5-2)12-9-6-3;1-6(2,3)8(4,5)7;1-5(2,3)4/h4-13H,1-3H3;4-12H2,1-3H3;1-5H3;1-3H3. The zero-order chi connectivity index (χ0) is 35.6. The lowest BCUT2D eigenvalue weighted by Crippen LogP contribution is -2.59. The Labute approximate surface area is 304 Å². The Morgan fingerprint density at radius 2 is 0.733 bits per heavy atom. The third-order valence-corrected chi connectivity index (χ3v) is 26.1. The fraction of sp³-hybridized carbons (Fsp3) is 0.676. The highest BCUT2D eigenvalue weighted by atomic mass is 35.6. The van der Waals surface area contributed by atoms with Crippen molar-refractivity contribution in [3.63, 3.8) is 0 Å². The van der Waals surface area contributed by atoms with Crippen LogP contribution in [0.5, 0.6) is 0 Å². The predicted octanol–water partition coefficient (Wildman–Crippen LogP) is 14.6. The molecule has 0 aliphatic carbocycles. The first kappa shape index (κ1) is 47.6. The van der Waals surface area contributed by atoms with E-state index in [-0.39, 0.29) is 5.04 Å². The van der Waals surface area contributed by atoms with Gasteiger partial charge in [0.1, 0.15) is 7.38 Å². The molecule has 262 valence electrons. The van der Waals surface area contributed by atoms with Gasteiger partial charge in [0.15, 0.2) is 14.8 Å². The fourth-order valence-corrected chi connectivity index (χ4v) is 13.3. The average molecular weight is 769 g/mol. The molecule has 0 aliphatic rings. The Hall–Kier alpha value is 0.468. The van der Waals surface area contributed by atoms with E-state index in [0.29, 0.717) is 5.04 Å². The maximum Gasteiger partial charge on any atom is 0.222 e. The Bertz CT molecular complexity index is 910. The quantitative estimate of drug-likeness (QED) is 0.158. The lowest BCUT2D eigenvalue weighted by atomic mass is 10.2. The van der Waals surface area contributed by atoms with Crippen LogP contribution in [0.2, 0.25) is 60.9 Å². The maximum atomic E-state index is 7.21. The van der Waals surface area contributed by atoms with Gasteiger partial charge < -0.3 is 0 Å². The molecule has 8 heteroatoms. The van der Waals surface area contributed by atoms with Crippen molar-refractivity contribution < 1.29 is 0 Å². The van der Waals surface area contributed by atoms with E-state index >= 15 is 0 Å². The van der Waals surface area contributed by atoms with E-state index in [0.717, 1.165) is 0 Å². The first-order chi connectivity index (χ1) is 20.4. The molecule has 0 N–H and O–H groups in total. The topological polar surface area (TPSA) is 0 Å². The van der Waals surface area contributed by atoms with Gasteiger partial charge >= 0.3 is 0 Å². The molecular formula is C37H70Cl4Si4. The van der Waals surface area contributed by atoms with Gasteiger partial charge in [-0.1, -0.05) is 194 Å². The first-order valence-electron chi connectivity index (χ1n) is 17.3. The van der Waals surface area contributed by atoms with Gasteiger partial charge in [-0.15, -0.1) is 0 Å². The van der Waals surface area contributed by atoms with Crippen LogP contribution < -0.4 is 10.4 Å². The number of rotatable bonds is 11. The van der Waals surface area contributed by atoms with Gasteiger partial charge in [0.2, 0.25) is 7.38 Å². The second-order valence-electron chi connectivity index (χ2n) is 15.9. The summed E-state index contributed by atoms with van der Waals surface area (Å²) in [7, 11) is -6.10. The lowest BCUT2D eigenvalue weighted by Gasteiger charge is -2.38. The van der Waals surface area contributed by atoms with Crippen molar-refractivity contribution in [1.82, 2.24) is 0 Å². The molecule has 0 nitrogen and oxygen atoms in total. The molecule has 2 aromatic rings. The highest BCUT2D eigenvalue weighted by molar-refractivity contribution is 7.35. The molecule has 0 saturated carbocycles. The Balaban J connectivity index is 0. The van der Waals surface area contributed by atoms with E-state index in [1.165, 1.54) is 67.0 Å². The number of benzene rings is 2. The minimum atomic E-state index is -2.23. The van der Waals surface area contributed by atoms with Crippen LogP contribution in [-0.4, -0.2) is 29.5 Å². The molecule has 0 bridgehead atoms. The van der Waals surface area contributed by atoms with Crippen LogP contribution in [-0.2, 0) is 0 Å². The van der Waals surface area contributed by atoms with Crippen LogP contribution in [0, 0.1) is 0 Å². The summed E-state index contributed by atoms with van der Waals surface area (Å²) >= 11 is 25.8. The fourth-order valence-electron chi connectivity index (χ4n) is 4.22. The maximum absolute atomic E-state index is 7.21. The molecule has 0 heterocycles. The smallest absolute Gasteiger partial charge is 0.168 e. The van der Waals surface area contributed by atoms with Crippen molar-refractivity contribution in [2.75, 3.05) is 0 Å². The molecule has 0 radical (unpaired) electrons. The van der Waals surface area contributed by atoms with Crippen LogP contribution in [0.4, 0.5) is 0 Å². The van der Waals surface area contributed by atoms with Crippen molar-refractivity contribution in [1.29, 1.82) is 0 Å². The Morgan fingerprint density at radius 3 is 0.911 bits per heavy atom. The van der Waals surface area contributed by atoms with Gasteiger partial charge in [0, 0.05) is 0 Å². The molecule has 0 aliphatic heterocycles. The SMILES string of the molecule is CC(C)(C)[Si](C)(C)Cl.CC(C)(C)[Si](Cl)(c1ccccc1)c1ccccc1.CCCC[Si](Cl)(CCCC)CCCC.C[Si](C)(C)Cl. The Kier molecular flexibility index (Phi) is 23.5. The van der Waals surface area contributed by atoms with Gasteiger partial charge in [-0.05, 0) is 38.6 Å². The van der Waals surface area contributed by atoms with E-state index in [1.54, 1.807) is 0 Å². The van der Waals surface area contributed by atoms with Crippen LogP contribution in [0.3, 0.4) is 0 Å². The molecule has 0 unspecified atom stereocenters. The second kappa shape index (κ2) is 22.2. The lowest BCUT2D eigenvalue weighted by molar-refractivity contribution is 0.735. The van der Waals surface area contributed by atoms with Gasteiger partial charge in [0.25, 0.3) is 0 Å². The van der Waals surface area contributed by atoms with Gasteiger partial charge in [-0.2, -0.15) is 44.3 Å². The highest BCUT2D eigenvalue weighted by Crippen LogP contribution is 2.39. The van der Waals surface area contributed by atoms with Crippen LogP contribution in [0.1, 0.15) is 101 Å². The molecule has 2 rings (SSSR count). The third kappa shape index (κ3) is 21.2. The zero-order valence-corrected chi connectivity index (χ0v) is 38.7. The number of hydrogen-bond acceptors (Lipinski definition) is 0. The van der Waals surface area contributed by atoms with Crippen LogP contribution in [0.15, 0.2) is 60.7 Å².